The fraction of sp³-hybridized carbons (Fsp3) is 0.500. The molecular formula is C20H26N4O2S2. The third kappa shape index (κ3) is 5.78. The second-order valence-electron chi connectivity index (χ2n) is 7.13. The molecule has 0 bridgehead atoms. The van der Waals surface area contributed by atoms with Gasteiger partial charge in [0, 0.05) is 18.5 Å². The summed E-state index contributed by atoms with van der Waals surface area (Å²) in [5, 5.41) is 11.4. The Hall–Kier alpha value is -1.93. The average molecular weight is 419 g/mol. The van der Waals surface area contributed by atoms with Crippen LogP contribution in [0.5, 0.6) is 0 Å². The van der Waals surface area contributed by atoms with Gasteiger partial charge in [-0.15, -0.1) is 10.2 Å². The molecule has 2 amide bonds. The average Bonchev–Trinajstić information content (AvgIpc) is 3.13. The summed E-state index contributed by atoms with van der Waals surface area (Å²) in [6.45, 7) is 4.23. The number of piperidine rings is 1. The first-order valence-electron chi connectivity index (χ1n) is 9.64. The van der Waals surface area contributed by atoms with Crippen LogP contribution in [0.1, 0.15) is 45.1 Å². The molecular weight excluding hydrogens is 392 g/mol. The highest BCUT2D eigenvalue weighted by molar-refractivity contribution is 8.01. The van der Waals surface area contributed by atoms with Gasteiger partial charge in [0.15, 0.2) is 4.34 Å². The molecule has 2 aromatic rings. The number of benzene rings is 1. The maximum absolute atomic E-state index is 12.6. The molecule has 1 fully saturated rings. The number of aryl methyl sites for hydroxylation is 1. The Labute approximate surface area is 174 Å². The number of nitrogens with one attached hydrogen (secondary N) is 1. The van der Waals surface area contributed by atoms with Crippen LogP contribution >= 0.6 is 23.1 Å². The molecule has 3 rings (SSSR count). The Morgan fingerprint density at radius 1 is 1.18 bits per heavy atom. The standard InChI is InChI=1S/C20H26N4O2S2/c1-14-7-6-8-15(2)24(14)18(26)13-27-20-23-22-19(28-20)21-17(25)12-11-16-9-4-3-5-10-16/h3-5,9-10,14-15H,6-8,11-13H2,1-2H3,(H,21,22,25)/t14-,15-/m0/s1. The van der Waals surface area contributed by atoms with Gasteiger partial charge in [-0.3, -0.25) is 9.59 Å². The van der Waals surface area contributed by atoms with E-state index in [-0.39, 0.29) is 11.8 Å². The summed E-state index contributed by atoms with van der Waals surface area (Å²) in [7, 11) is 0. The smallest absolute Gasteiger partial charge is 0.233 e. The van der Waals surface area contributed by atoms with Crippen molar-refractivity contribution in [2.45, 2.75) is 62.4 Å². The maximum Gasteiger partial charge on any atom is 0.233 e. The monoisotopic (exact) mass is 418 g/mol. The van der Waals surface area contributed by atoms with Crippen LogP contribution in [0.3, 0.4) is 0 Å². The predicted octanol–water partition coefficient (Wildman–Crippen LogP) is 3.99. The van der Waals surface area contributed by atoms with Crippen molar-refractivity contribution in [3.8, 4) is 0 Å². The lowest BCUT2D eigenvalue weighted by Crippen LogP contribution is -2.48. The van der Waals surface area contributed by atoms with Crippen molar-refractivity contribution in [2.24, 2.45) is 0 Å². The summed E-state index contributed by atoms with van der Waals surface area (Å²) in [6.07, 6.45) is 4.41. The van der Waals surface area contributed by atoms with Gasteiger partial charge >= 0.3 is 0 Å². The van der Waals surface area contributed by atoms with Crippen LogP contribution in [0.4, 0.5) is 5.13 Å². The molecule has 0 radical (unpaired) electrons. The lowest BCUT2D eigenvalue weighted by molar-refractivity contribution is -0.134. The van der Waals surface area contributed by atoms with E-state index in [1.54, 1.807) is 0 Å². The summed E-state index contributed by atoms with van der Waals surface area (Å²) >= 11 is 2.70. The van der Waals surface area contributed by atoms with Crippen molar-refractivity contribution in [3.05, 3.63) is 35.9 Å². The Kier molecular flexibility index (Phi) is 7.44. The molecule has 0 unspecified atom stereocenters. The largest absolute Gasteiger partial charge is 0.337 e. The van der Waals surface area contributed by atoms with E-state index >= 15 is 0 Å². The van der Waals surface area contributed by atoms with E-state index < -0.39 is 0 Å². The van der Waals surface area contributed by atoms with Crippen LogP contribution in [0.25, 0.3) is 0 Å². The van der Waals surface area contributed by atoms with Gasteiger partial charge in [0.2, 0.25) is 16.9 Å². The van der Waals surface area contributed by atoms with Crippen molar-refractivity contribution in [3.63, 3.8) is 0 Å². The highest BCUT2D eigenvalue weighted by Gasteiger charge is 2.28. The van der Waals surface area contributed by atoms with Crippen LogP contribution < -0.4 is 5.32 Å². The number of anilines is 1. The Morgan fingerprint density at radius 2 is 1.89 bits per heavy atom. The van der Waals surface area contributed by atoms with Gasteiger partial charge in [-0.05, 0) is 45.1 Å². The molecule has 6 nitrogen and oxygen atoms in total. The van der Waals surface area contributed by atoms with Crippen molar-refractivity contribution in [1.82, 2.24) is 15.1 Å². The lowest BCUT2D eigenvalue weighted by atomic mass is 9.98. The quantitative estimate of drug-likeness (QED) is 0.543. The number of likely N-dealkylation sites (tertiary alicyclic amines) is 1. The van der Waals surface area contributed by atoms with Gasteiger partial charge < -0.3 is 10.2 Å². The molecule has 1 aromatic carbocycles. The van der Waals surface area contributed by atoms with Gasteiger partial charge in [0.25, 0.3) is 0 Å². The number of aromatic nitrogens is 2. The number of rotatable bonds is 7. The van der Waals surface area contributed by atoms with E-state index in [9.17, 15) is 9.59 Å². The van der Waals surface area contributed by atoms with E-state index in [0.717, 1.165) is 18.4 Å². The molecule has 8 heteroatoms. The fourth-order valence-electron chi connectivity index (χ4n) is 3.51. The van der Waals surface area contributed by atoms with Crippen molar-refractivity contribution < 1.29 is 9.59 Å². The van der Waals surface area contributed by atoms with Gasteiger partial charge in [0.05, 0.1) is 5.75 Å². The van der Waals surface area contributed by atoms with Crippen molar-refractivity contribution >= 4 is 40.0 Å². The number of thioether (sulfide) groups is 1. The highest BCUT2D eigenvalue weighted by atomic mass is 32.2. The van der Waals surface area contributed by atoms with Crippen LogP contribution in [0, 0.1) is 0 Å². The minimum absolute atomic E-state index is 0.0800. The first kappa shape index (κ1) is 20.8. The molecule has 1 N–H and O–H groups in total. The molecule has 1 aliphatic heterocycles. The third-order valence-corrected chi connectivity index (χ3v) is 6.89. The van der Waals surface area contributed by atoms with E-state index in [2.05, 4.69) is 29.4 Å². The minimum atomic E-state index is -0.0800. The number of amides is 2. The molecule has 2 atom stereocenters. The van der Waals surface area contributed by atoms with Gasteiger partial charge in [-0.25, -0.2) is 0 Å². The lowest BCUT2D eigenvalue weighted by Gasteiger charge is -2.39. The van der Waals surface area contributed by atoms with Crippen molar-refractivity contribution in [2.75, 3.05) is 11.1 Å². The van der Waals surface area contributed by atoms with Gasteiger partial charge in [0.1, 0.15) is 0 Å². The molecule has 150 valence electrons. The van der Waals surface area contributed by atoms with Gasteiger partial charge in [-0.1, -0.05) is 53.4 Å². The van der Waals surface area contributed by atoms with E-state index in [1.165, 1.54) is 29.5 Å². The second kappa shape index (κ2) is 10.0. The number of hydrogen-bond acceptors (Lipinski definition) is 6. The van der Waals surface area contributed by atoms with E-state index in [1.807, 2.05) is 35.2 Å². The summed E-state index contributed by atoms with van der Waals surface area (Å²) in [6, 6.07) is 10.5. The second-order valence-corrected chi connectivity index (χ2v) is 9.33. The summed E-state index contributed by atoms with van der Waals surface area (Å²) < 4.78 is 0.698. The normalized spacial score (nSPS) is 19.4. The molecule has 0 saturated carbocycles. The zero-order valence-electron chi connectivity index (χ0n) is 16.3. The zero-order valence-corrected chi connectivity index (χ0v) is 17.9. The topological polar surface area (TPSA) is 75.2 Å². The third-order valence-electron chi connectivity index (χ3n) is 4.94. The van der Waals surface area contributed by atoms with Crippen molar-refractivity contribution in [1.29, 1.82) is 0 Å². The van der Waals surface area contributed by atoms with Crippen LogP contribution in [-0.4, -0.2) is 44.7 Å². The molecule has 1 aliphatic rings. The Bertz CT molecular complexity index is 787. The van der Waals surface area contributed by atoms with Crippen LogP contribution in [-0.2, 0) is 16.0 Å². The van der Waals surface area contributed by atoms with E-state index in [4.69, 9.17) is 0 Å². The minimum Gasteiger partial charge on any atom is -0.337 e. The van der Waals surface area contributed by atoms with E-state index in [0.29, 0.717) is 40.1 Å². The number of carbonyl (C=O) groups excluding carboxylic acids is 2. The highest BCUT2D eigenvalue weighted by Crippen LogP contribution is 2.28. The Morgan fingerprint density at radius 3 is 2.61 bits per heavy atom. The molecule has 1 saturated heterocycles. The summed E-state index contributed by atoms with van der Waals surface area (Å²) in [4.78, 5) is 26.7. The number of carbonyl (C=O) groups is 2. The molecule has 2 heterocycles. The van der Waals surface area contributed by atoms with Crippen LogP contribution in [0.15, 0.2) is 34.7 Å². The maximum atomic E-state index is 12.6. The summed E-state index contributed by atoms with van der Waals surface area (Å²) in [5.41, 5.74) is 1.13. The fourth-order valence-corrected chi connectivity index (χ4v) is 5.15. The number of hydrogen-bond donors (Lipinski definition) is 1. The van der Waals surface area contributed by atoms with Crippen LogP contribution in [0.2, 0.25) is 0 Å². The Balaban J connectivity index is 1.44. The molecule has 1 aromatic heterocycles. The SMILES string of the molecule is C[C@H]1CCC[C@H](C)N1C(=O)CSc1nnc(NC(=O)CCc2ccccc2)s1. The first-order chi connectivity index (χ1) is 13.5. The molecule has 0 spiro atoms. The van der Waals surface area contributed by atoms with Gasteiger partial charge in [-0.2, -0.15) is 0 Å². The number of nitrogens with zero attached hydrogens (tertiary/aromatic N) is 3. The predicted molar refractivity (Wildman–Crippen MR) is 114 cm³/mol. The summed E-state index contributed by atoms with van der Waals surface area (Å²) in [5.74, 6) is 0.419. The molecule has 28 heavy (non-hydrogen) atoms. The molecule has 0 aliphatic carbocycles. The first-order valence-corrected chi connectivity index (χ1v) is 11.4. The zero-order chi connectivity index (χ0) is 19.9.